The topological polar surface area (TPSA) is 26.0 Å². The fraction of sp³-hybridized carbons (Fsp3) is 0.250. The molecule has 2 N–H and O–H groups in total. The van der Waals surface area contributed by atoms with E-state index in [1.54, 1.807) is 18.2 Å². The highest BCUT2D eigenvalue weighted by molar-refractivity contribution is 8.00. The Morgan fingerprint density at radius 2 is 2.15 bits per heavy atom. The Morgan fingerprint density at radius 3 is 2.69 bits per heavy atom. The third-order valence-electron chi connectivity index (χ3n) is 1.30. The molecule has 0 aliphatic rings. The molecule has 0 bridgehead atoms. The zero-order valence-electron chi connectivity index (χ0n) is 6.64. The molecule has 13 heavy (non-hydrogen) atoms. The van der Waals surface area contributed by atoms with Crippen LogP contribution in [0, 0.1) is 0 Å². The van der Waals surface area contributed by atoms with Gasteiger partial charge in [-0.2, -0.15) is 8.78 Å². The van der Waals surface area contributed by atoms with Gasteiger partial charge in [0.05, 0.1) is 6.54 Å². The maximum Gasteiger partial charge on any atom is 0.310 e. The van der Waals surface area contributed by atoms with E-state index in [0.29, 0.717) is 21.7 Å². The molecule has 0 aromatic heterocycles. The summed E-state index contributed by atoms with van der Waals surface area (Å²) in [7, 11) is 0. The summed E-state index contributed by atoms with van der Waals surface area (Å²) in [4.78, 5) is 0.419. The first kappa shape index (κ1) is 10.8. The quantitative estimate of drug-likeness (QED) is 0.798. The Hall–Kier alpha value is -0.320. The lowest BCUT2D eigenvalue weighted by Gasteiger charge is -2.12. The Labute approximate surface area is 84.3 Å². The van der Waals surface area contributed by atoms with Crippen LogP contribution in [0.3, 0.4) is 0 Å². The van der Waals surface area contributed by atoms with Crippen molar-refractivity contribution in [1.82, 2.24) is 0 Å². The first-order chi connectivity index (χ1) is 6.03. The zero-order valence-corrected chi connectivity index (χ0v) is 8.21. The molecule has 0 amide bonds. The van der Waals surface area contributed by atoms with Crippen LogP contribution >= 0.6 is 23.4 Å². The van der Waals surface area contributed by atoms with Gasteiger partial charge in [-0.05, 0) is 18.2 Å². The van der Waals surface area contributed by atoms with Gasteiger partial charge in [0, 0.05) is 9.92 Å². The Morgan fingerprint density at radius 1 is 1.46 bits per heavy atom. The first-order valence-corrected chi connectivity index (χ1v) is 4.75. The van der Waals surface area contributed by atoms with Crippen LogP contribution in [0.1, 0.15) is 0 Å². The van der Waals surface area contributed by atoms with Gasteiger partial charge in [-0.1, -0.05) is 29.4 Å². The monoisotopic (exact) mass is 223 g/mol. The third-order valence-corrected chi connectivity index (χ3v) is 2.49. The summed E-state index contributed by atoms with van der Waals surface area (Å²) in [6.07, 6.45) is 0. The summed E-state index contributed by atoms with van der Waals surface area (Å²) in [5, 5.41) is -2.48. The van der Waals surface area contributed by atoms with Crippen LogP contribution in [-0.4, -0.2) is 11.8 Å². The number of nitrogens with two attached hydrogens (primary N) is 1. The van der Waals surface area contributed by atoms with E-state index in [1.165, 1.54) is 6.07 Å². The fourth-order valence-electron chi connectivity index (χ4n) is 0.745. The lowest BCUT2D eigenvalue weighted by atomic mass is 10.4. The molecular formula is C8H8ClF2NS. The number of hydrogen-bond donors (Lipinski definition) is 1. The molecular weight excluding hydrogens is 216 g/mol. The minimum absolute atomic E-state index is 0.417. The number of rotatable bonds is 3. The number of benzene rings is 1. The Bertz CT molecular complexity index is 293. The van der Waals surface area contributed by atoms with Crippen LogP contribution in [0.5, 0.6) is 0 Å². The van der Waals surface area contributed by atoms with E-state index in [2.05, 4.69) is 0 Å². The average molecular weight is 224 g/mol. The van der Waals surface area contributed by atoms with Gasteiger partial charge in [-0.25, -0.2) is 0 Å². The lowest BCUT2D eigenvalue weighted by molar-refractivity contribution is 0.116. The van der Waals surface area contributed by atoms with Crippen molar-refractivity contribution in [3.05, 3.63) is 29.3 Å². The molecule has 72 valence electrons. The first-order valence-electron chi connectivity index (χ1n) is 3.56. The van der Waals surface area contributed by atoms with Crippen molar-refractivity contribution in [3.63, 3.8) is 0 Å². The van der Waals surface area contributed by atoms with Gasteiger partial charge in [0.2, 0.25) is 0 Å². The second-order valence-electron chi connectivity index (χ2n) is 2.40. The highest BCUT2D eigenvalue weighted by Gasteiger charge is 2.28. The lowest BCUT2D eigenvalue weighted by Crippen LogP contribution is -2.23. The van der Waals surface area contributed by atoms with Crippen molar-refractivity contribution in [2.45, 2.75) is 10.2 Å². The van der Waals surface area contributed by atoms with Crippen molar-refractivity contribution in [1.29, 1.82) is 0 Å². The van der Waals surface area contributed by atoms with Gasteiger partial charge in [-0.3, -0.25) is 0 Å². The zero-order chi connectivity index (χ0) is 9.90. The second-order valence-corrected chi connectivity index (χ2v) is 4.11. The van der Waals surface area contributed by atoms with E-state index in [4.69, 9.17) is 17.3 Å². The summed E-state index contributed by atoms with van der Waals surface area (Å²) >= 11 is 6.04. The van der Waals surface area contributed by atoms with Crippen LogP contribution in [0.25, 0.3) is 0 Å². The molecule has 0 unspecified atom stereocenters. The van der Waals surface area contributed by atoms with Crippen LogP contribution < -0.4 is 5.73 Å². The highest BCUT2D eigenvalue weighted by Crippen LogP contribution is 2.35. The second kappa shape index (κ2) is 4.26. The summed E-state index contributed by atoms with van der Waals surface area (Å²) in [5.41, 5.74) is 4.89. The summed E-state index contributed by atoms with van der Waals surface area (Å²) < 4.78 is 25.5. The Kier molecular flexibility index (Phi) is 3.53. The fourth-order valence-corrected chi connectivity index (χ4v) is 1.76. The van der Waals surface area contributed by atoms with Gasteiger partial charge in [0.15, 0.2) is 0 Å². The maximum absolute atomic E-state index is 12.8. The number of hydrogen-bond acceptors (Lipinski definition) is 2. The molecule has 0 saturated heterocycles. The molecule has 0 heterocycles. The van der Waals surface area contributed by atoms with E-state index >= 15 is 0 Å². The number of alkyl halides is 2. The number of halogens is 3. The van der Waals surface area contributed by atoms with Crippen LogP contribution in [0.4, 0.5) is 8.78 Å². The van der Waals surface area contributed by atoms with Crippen LogP contribution in [0.2, 0.25) is 5.02 Å². The highest BCUT2D eigenvalue weighted by atomic mass is 35.5. The van der Waals surface area contributed by atoms with Crippen LogP contribution in [-0.2, 0) is 0 Å². The molecule has 0 aliphatic carbocycles. The minimum Gasteiger partial charge on any atom is -0.324 e. The summed E-state index contributed by atoms with van der Waals surface area (Å²) in [5.74, 6) is 0. The molecule has 1 aromatic rings. The molecule has 5 heteroatoms. The molecule has 0 atom stereocenters. The van der Waals surface area contributed by atoms with Gasteiger partial charge >= 0.3 is 5.25 Å². The smallest absolute Gasteiger partial charge is 0.310 e. The maximum atomic E-state index is 12.8. The summed E-state index contributed by atoms with van der Waals surface area (Å²) in [6, 6.07) is 6.30. The van der Waals surface area contributed by atoms with Gasteiger partial charge in [-0.15, -0.1) is 0 Å². The van der Waals surface area contributed by atoms with Crippen molar-refractivity contribution in [2.75, 3.05) is 6.54 Å². The van der Waals surface area contributed by atoms with E-state index in [9.17, 15) is 8.78 Å². The van der Waals surface area contributed by atoms with Crippen LogP contribution in [0.15, 0.2) is 29.2 Å². The largest absolute Gasteiger partial charge is 0.324 e. The Balaban J connectivity index is 2.74. The molecule has 1 aromatic carbocycles. The van der Waals surface area contributed by atoms with Gasteiger partial charge in [0.1, 0.15) is 0 Å². The van der Waals surface area contributed by atoms with E-state index < -0.39 is 11.8 Å². The van der Waals surface area contributed by atoms with Crippen molar-refractivity contribution >= 4 is 23.4 Å². The van der Waals surface area contributed by atoms with Gasteiger partial charge < -0.3 is 5.73 Å². The molecule has 1 rings (SSSR count). The molecule has 1 nitrogen and oxygen atoms in total. The third kappa shape index (κ3) is 3.50. The molecule has 0 spiro atoms. The van der Waals surface area contributed by atoms with E-state index in [1.807, 2.05) is 0 Å². The van der Waals surface area contributed by atoms with Gasteiger partial charge in [0.25, 0.3) is 0 Å². The van der Waals surface area contributed by atoms with Crippen molar-refractivity contribution in [2.24, 2.45) is 5.73 Å². The summed E-state index contributed by atoms with van der Waals surface area (Å²) in [6.45, 7) is -0.676. The SMILES string of the molecule is NCC(F)(F)Sc1cccc(Cl)c1. The molecule has 0 fully saturated rings. The minimum atomic E-state index is -2.93. The predicted molar refractivity (Wildman–Crippen MR) is 51.3 cm³/mol. The van der Waals surface area contributed by atoms with Crippen molar-refractivity contribution < 1.29 is 8.78 Å². The van der Waals surface area contributed by atoms with E-state index in [-0.39, 0.29) is 0 Å². The molecule has 0 saturated carbocycles. The standard InChI is InChI=1S/C8H8ClF2NS/c9-6-2-1-3-7(4-6)13-8(10,11)5-12/h1-4H,5,12H2. The van der Waals surface area contributed by atoms with Crippen molar-refractivity contribution in [3.8, 4) is 0 Å². The normalized spacial score (nSPS) is 11.7. The average Bonchev–Trinajstić information content (AvgIpc) is 2.03. The number of thioether (sulfide) groups is 1. The molecule has 0 radical (unpaired) electrons. The van der Waals surface area contributed by atoms with E-state index in [0.717, 1.165) is 0 Å². The predicted octanol–water partition coefficient (Wildman–Crippen LogP) is 2.98. The molecule has 0 aliphatic heterocycles.